The highest BCUT2D eigenvalue weighted by Crippen LogP contribution is 2.26. The number of rotatable bonds is 1. The number of carbonyl (C=O) groups excluding carboxylic acids is 1. The molecule has 0 fully saturated rings. The lowest BCUT2D eigenvalue weighted by molar-refractivity contribution is 0.0942. The fraction of sp³-hybridized carbons (Fsp3) is 0.250. The number of aromatic nitrogens is 1. The maximum Gasteiger partial charge on any atom is 0.228 e. The van der Waals surface area contributed by atoms with E-state index in [0.717, 1.165) is 16.6 Å². The van der Waals surface area contributed by atoms with Crippen molar-refractivity contribution in [3.8, 4) is 0 Å². The molecule has 78 valence electrons. The molecule has 0 saturated heterocycles. The molecule has 2 aromatic rings. The summed E-state index contributed by atoms with van der Waals surface area (Å²) in [4.78, 5) is 13.5. The summed E-state index contributed by atoms with van der Waals surface area (Å²) in [6, 6.07) is 8.00. The van der Waals surface area contributed by atoms with Crippen molar-refractivity contribution in [2.75, 3.05) is 19.0 Å². The van der Waals surface area contributed by atoms with Crippen molar-refractivity contribution in [2.45, 2.75) is 6.92 Å². The van der Waals surface area contributed by atoms with Gasteiger partial charge in [0.1, 0.15) is 0 Å². The number of benzene rings is 1. The molecule has 0 atom stereocenters. The zero-order valence-corrected chi connectivity index (χ0v) is 9.19. The van der Waals surface area contributed by atoms with E-state index in [1.165, 1.54) is 0 Å². The average Bonchev–Trinajstić information content (AvgIpc) is 2.60. The van der Waals surface area contributed by atoms with Crippen molar-refractivity contribution < 1.29 is 4.79 Å². The van der Waals surface area contributed by atoms with Crippen LogP contribution in [0.3, 0.4) is 0 Å². The summed E-state index contributed by atoms with van der Waals surface area (Å²) in [7, 11) is 3.96. The van der Waals surface area contributed by atoms with Crippen molar-refractivity contribution in [3.05, 3.63) is 30.5 Å². The van der Waals surface area contributed by atoms with Gasteiger partial charge < -0.3 is 4.90 Å². The summed E-state index contributed by atoms with van der Waals surface area (Å²) in [5.74, 6) is 0.0410. The second-order valence-electron chi connectivity index (χ2n) is 3.81. The van der Waals surface area contributed by atoms with Gasteiger partial charge in [0.25, 0.3) is 0 Å². The predicted octanol–water partition coefficient (Wildman–Crippen LogP) is 2.37. The maximum absolute atomic E-state index is 11.4. The molecule has 0 unspecified atom stereocenters. The molecular weight excluding hydrogens is 188 g/mol. The highest BCUT2D eigenvalue weighted by molar-refractivity contribution is 5.98. The van der Waals surface area contributed by atoms with Crippen LogP contribution in [0.1, 0.15) is 11.7 Å². The van der Waals surface area contributed by atoms with Gasteiger partial charge >= 0.3 is 0 Å². The number of nitrogens with zero attached hydrogens (tertiary/aromatic N) is 2. The van der Waals surface area contributed by atoms with Crippen LogP contribution in [0, 0.1) is 0 Å². The van der Waals surface area contributed by atoms with Crippen LogP contribution in [0.25, 0.3) is 10.9 Å². The third kappa shape index (κ3) is 1.50. The zero-order valence-electron chi connectivity index (χ0n) is 9.19. The van der Waals surface area contributed by atoms with Crippen LogP contribution < -0.4 is 4.90 Å². The summed E-state index contributed by atoms with van der Waals surface area (Å²) in [6.07, 6.45) is 1.82. The Morgan fingerprint density at radius 2 is 2.00 bits per heavy atom. The molecule has 0 saturated carbocycles. The van der Waals surface area contributed by atoms with E-state index in [0.29, 0.717) is 0 Å². The van der Waals surface area contributed by atoms with E-state index in [4.69, 9.17) is 0 Å². The Morgan fingerprint density at radius 3 is 2.60 bits per heavy atom. The second-order valence-corrected chi connectivity index (χ2v) is 3.81. The Labute approximate surface area is 88.9 Å². The number of fused-ring (bicyclic) bond motifs is 1. The van der Waals surface area contributed by atoms with Gasteiger partial charge in [0.15, 0.2) is 0 Å². The molecule has 1 aromatic carbocycles. The lowest BCUT2D eigenvalue weighted by Crippen LogP contribution is -2.12. The number of anilines is 1. The van der Waals surface area contributed by atoms with Crippen molar-refractivity contribution >= 4 is 22.5 Å². The lowest BCUT2D eigenvalue weighted by Gasteiger charge is -2.15. The molecule has 0 aliphatic carbocycles. The molecule has 0 N–H and O–H groups in total. The van der Waals surface area contributed by atoms with Crippen LogP contribution in [0.15, 0.2) is 30.5 Å². The van der Waals surface area contributed by atoms with Gasteiger partial charge in [-0.1, -0.05) is 12.1 Å². The summed E-state index contributed by atoms with van der Waals surface area (Å²) in [5.41, 5.74) is 2.04. The highest BCUT2D eigenvalue weighted by atomic mass is 16.1. The number of para-hydroxylation sites is 1. The Balaban J connectivity index is 2.80. The van der Waals surface area contributed by atoms with Crippen molar-refractivity contribution in [2.24, 2.45) is 0 Å². The molecule has 3 nitrogen and oxygen atoms in total. The van der Waals surface area contributed by atoms with Gasteiger partial charge in [-0.2, -0.15) is 0 Å². The largest absolute Gasteiger partial charge is 0.376 e. The fourth-order valence-corrected chi connectivity index (χ4v) is 1.80. The molecule has 1 heterocycles. The van der Waals surface area contributed by atoms with E-state index in [-0.39, 0.29) is 5.91 Å². The van der Waals surface area contributed by atoms with Crippen molar-refractivity contribution in [3.63, 3.8) is 0 Å². The molecule has 0 amide bonds. The van der Waals surface area contributed by atoms with Crippen molar-refractivity contribution in [1.82, 2.24) is 4.57 Å². The van der Waals surface area contributed by atoms with E-state index in [1.807, 2.05) is 49.5 Å². The summed E-state index contributed by atoms with van der Waals surface area (Å²) < 4.78 is 1.69. The van der Waals surface area contributed by atoms with Gasteiger partial charge in [0, 0.05) is 32.6 Å². The van der Waals surface area contributed by atoms with Crippen LogP contribution in [-0.4, -0.2) is 24.6 Å². The van der Waals surface area contributed by atoms with Gasteiger partial charge in [0.05, 0.1) is 11.2 Å². The molecule has 15 heavy (non-hydrogen) atoms. The number of hydrogen-bond donors (Lipinski definition) is 0. The van der Waals surface area contributed by atoms with Crippen LogP contribution in [-0.2, 0) is 0 Å². The molecule has 1 aromatic heterocycles. The lowest BCUT2D eigenvalue weighted by atomic mass is 10.2. The quantitative estimate of drug-likeness (QED) is 0.709. The van der Waals surface area contributed by atoms with Crippen LogP contribution in [0.2, 0.25) is 0 Å². The van der Waals surface area contributed by atoms with E-state index < -0.39 is 0 Å². The first-order valence-electron chi connectivity index (χ1n) is 4.89. The molecule has 0 spiro atoms. The fourth-order valence-electron chi connectivity index (χ4n) is 1.80. The molecule has 0 aliphatic rings. The van der Waals surface area contributed by atoms with Gasteiger partial charge in [0.2, 0.25) is 5.91 Å². The molecule has 2 rings (SSSR count). The minimum absolute atomic E-state index is 0.0410. The first-order valence-corrected chi connectivity index (χ1v) is 4.89. The van der Waals surface area contributed by atoms with E-state index in [1.54, 1.807) is 11.5 Å². The monoisotopic (exact) mass is 202 g/mol. The molecule has 0 radical (unpaired) electrons. The smallest absolute Gasteiger partial charge is 0.228 e. The van der Waals surface area contributed by atoms with E-state index in [9.17, 15) is 4.79 Å². The molecule has 0 bridgehead atoms. The Bertz CT molecular complexity index is 511. The van der Waals surface area contributed by atoms with Gasteiger partial charge in [-0.15, -0.1) is 0 Å². The summed E-state index contributed by atoms with van der Waals surface area (Å²) in [6.45, 7) is 1.58. The van der Waals surface area contributed by atoms with Crippen LogP contribution in [0.4, 0.5) is 5.69 Å². The minimum atomic E-state index is 0.0410. The SMILES string of the molecule is CC(=O)n1ccc2cccc(N(C)C)c21. The topological polar surface area (TPSA) is 25.2 Å². The van der Waals surface area contributed by atoms with Gasteiger partial charge in [-0.25, -0.2) is 0 Å². The van der Waals surface area contributed by atoms with Crippen molar-refractivity contribution in [1.29, 1.82) is 0 Å². The normalized spacial score (nSPS) is 10.6. The summed E-state index contributed by atoms with van der Waals surface area (Å²) in [5, 5.41) is 1.09. The molecule has 3 heteroatoms. The van der Waals surface area contributed by atoms with Gasteiger partial charge in [-0.3, -0.25) is 9.36 Å². The predicted molar refractivity (Wildman–Crippen MR) is 62.6 cm³/mol. The number of hydrogen-bond acceptors (Lipinski definition) is 2. The first kappa shape index (κ1) is 9.77. The van der Waals surface area contributed by atoms with Crippen LogP contribution in [0.5, 0.6) is 0 Å². The standard InChI is InChI=1S/C12H14N2O/c1-9(15)14-8-7-10-5-4-6-11(12(10)14)13(2)3/h4-8H,1-3H3. The molecule has 0 aliphatic heterocycles. The van der Waals surface area contributed by atoms with E-state index >= 15 is 0 Å². The minimum Gasteiger partial charge on any atom is -0.376 e. The maximum atomic E-state index is 11.4. The number of carbonyl (C=O) groups is 1. The zero-order chi connectivity index (χ0) is 11.0. The van der Waals surface area contributed by atoms with E-state index in [2.05, 4.69) is 0 Å². The highest BCUT2D eigenvalue weighted by Gasteiger charge is 2.09. The van der Waals surface area contributed by atoms with Gasteiger partial charge in [-0.05, 0) is 12.1 Å². The average molecular weight is 202 g/mol. The Hall–Kier alpha value is -1.77. The summed E-state index contributed by atoms with van der Waals surface area (Å²) >= 11 is 0. The first-order chi connectivity index (χ1) is 7.11. The molecular formula is C12H14N2O. The Kier molecular flexibility index (Phi) is 2.23. The van der Waals surface area contributed by atoms with Crippen LogP contribution >= 0.6 is 0 Å². The third-order valence-electron chi connectivity index (χ3n) is 2.51. The second kappa shape index (κ2) is 3.42. The Morgan fingerprint density at radius 1 is 1.27 bits per heavy atom. The third-order valence-corrected chi connectivity index (χ3v) is 2.51.